The lowest BCUT2D eigenvalue weighted by atomic mass is 10.3. The van der Waals surface area contributed by atoms with Crippen LogP contribution in [0, 0.1) is 0 Å². The molecule has 0 amide bonds. The van der Waals surface area contributed by atoms with Gasteiger partial charge in [0.2, 0.25) is 11.2 Å². The zero-order valence-corrected chi connectivity index (χ0v) is 11.2. The number of hydrogen-bond donors (Lipinski definition) is 1. The fourth-order valence-electron chi connectivity index (χ4n) is 1.38. The van der Waals surface area contributed by atoms with E-state index in [0.717, 1.165) is 6.07 Å². The molecule has 21 heavy (non-hydrogen) atoms. The Labute approximate surface area is 121 Å². The highest BCUT2D eigenvalue weighted by Gasteiger charge is 2.32. The summed E-state index contributed by atoms with van der Waals surface area (Å²) in [6.45, 7) is 0. The largest absolute Gasteiger partial charge is 0.573 e. The predicted molar refractivity (Wildman–Crippen MR) is 67.8 cm³/mol. The third kappa shape index (κ3) is 4.35. The number of alkyl halides is 3. The maximum atomic E-state index is 12.3. The predicted octanol–water partition coefficient (Wildman–Crippen LogP) is 3.18. The van der Waals surface area contributed by atoms with E-state index in [4.69, 9.17) is 16.3 Å². The van der Waals surface area contributed by atoms with Crippen molar-refractivity contribution in [3.05, 3.63) is 29.5 Å². The molecule has 2 rings (SSSR count). The molecular weight excluding hydrogens is 313 g/mol. The molecule has 2 aromatic rings. The molecule has 0 radical (unpaired) electrons. The second-order valence-electron chi connectivity index (χ2n) is 3.58. The number of rotatable bonds is 4. The van der Waals surface area contributed by atoms with Gasteiger partial charge in [-0.25, -0.2) is 0 Å². The van der Waals surface area contributed by atoms with Gasteiger partial charge in [0.25, 0.3) is 0 Å². The zero-order chi connectivity index (χ0) is 15.5. The number of benzene rings is 1. The van der Waals surface area contributed by atoms with Crippen LogP contribution in [0.4, 0.5) is 24.8 Å². The minimum atomic E-state index is -4.81. The molecule has 0 bridgehead atoms. The van der Waals surface area contributed by atoms with Crippen molar-refractivity contribution in [1.29, 1.82) is 0 Å². The molecule has 0 aliphatic heterocycles. The Bertz CT molecular complexity index is 639. The van der Waals surface area contributed by atoms with Crippen molar-refractivity contribution in [2.75, 3.05) is 12.4 Å². The van der Waals surface area contributed by atoms with E-state index < -0.39 is 12.1 Å². The van der Waals surface area contributed by atoms with E-state index in [1.54, 1.807) is 0 Å². The van der Waals surface area contributed by atoms with Gasteiger partial charge in [-0.1, -0.05) is 12.1 Å². The number of para-hydroxylation sites is 2. The second-order valence-corrected chi connectivity index (χ2v) is 3.92. The Morgan fingerprint density at radius 3 is 2.52 bits per heavy atom. The fraction of sp³-hybridized carbons (Fsp3) is 0.182. The van der Waals surface area contributed by atoms with Crippen molar-refractivity contribution in [3.63, 3.8) is 0 Å². The van der Waals surface area contributed by atoms with Gasteiger partial charge in [0.1, 0.15) is 0 Å². The first-order valence-electron chi connectivity index (χ1n) is 5.45. The van der Waals surface area contributed by atoms with Gasteiger partial charge in [0.15, 0.2) is 5.75 Å². The molecule has 0 saturated carbocycles. The number of nitrogens with zero attached hydrogens (tertiary/aromatic N) is 3. The van der Waals surface area contributed by atoms with E-state index in [-0.39, 0.29) is 22.9 Å². The number of nitrogens with one attached hydrogen (secondary N) is 1. The zero-order valence-electron chi connectivity index (χ0n) is 10.5. The minimum Gasteiger partial charge on any atom is -0.467 e. The summed E-state index contributed by atoms with van der Waals surface area (Å²) in [5, 5.41) is 2.39. The summed E-state index contributed by atoms with van der Waals surface area (Å²) in [5.74, 6) is -0.509. The molecule has 1 N–H and O–H groups in total. The molecule has 10 heteroatoms. The van der Waals surface area contributed by atoms with Gasteiger partial charge < -0.3 is 14.8 Å². The van der Waals surface area contributed by atoms with E-state index in [2.05, 4.69) is 25.0 Å². The normalized spacial score (nSPS) is 11.1. The molecular formula is C11H8ClF3N4O2. The summed E-state index contributed by atoms with van der Waals surface area (Å²) in [4.78, 5) is 11.2. The molecule has 0 unspecified atom stereocenters. The molecule has 6 nitrogen and oxygen atoms in total. The molecule has 1 aromatic heterocycles. The lowest BCUT2D eigenvalue weighted by Gasteiger charge is -2.13. The van der Waals surface area contributed by atoms with E-state index in [1.165, 1.54) is 25.3 Å². The quantitative estimate of drug-likeness (QED) is 0.933. The fourth-order valence-corrected chi connectivity index (χ4v) is 1.54. The van der Waals surface area contributed by atoms with Crippen LogP contribution in [-0.4, -0.2) is 28.4 Å². The summed E-state index contributed by atoms with van der Waals surface area (Å²) < 4.78 is 45.6. The van der Waals surface area contributed by atoms with E-state index in [0.29, 0.717) is 0 Å². The average Bonchev–Trinajstić information content (AvgIpc) is 2.38. The van der Waals surface area contributed by atoms with Gasteiger partial charge >= 0.3 is 12.4 Å². The van der Waals surface area contributed by atoms with Crippen LogP contribution in [0.15, 0.2) is 24.3 Å². The summed E-state index contributed by atoms with van der Waals surface area (Å²) in [6.07, 6.45) is -4.81. The van der Waals surface area contributed by atoms with Gasteiger partial charge in [-0.05, 0) is 23.7 Å². The van der Waals surface area contributed by atoms with Crippen molar-refractivity contribution >= 4 is 23.2 Å². The second kappa shape index (κ2) is 6.00. The maximum absolute atomic E-state index is 12.3. The molecule has 1 heterocycles. The third-order valence-corrected chi connectivity index (χ3v) is 2.30. The summed E-state index contributed by atoms with van der Waals surface area (Å²) >= 11 is 5.65. The van der Waals surface area contributed by atoms with Gasteiger partial charge in [-0.2, -0.15) is 15.0 Å². The van der Waals surface area contributed by atoms with E-state index >= 15 is 0 Å². The Morgan fingerprint density at radius 1 is 1.14 bits per heavy atom. The average molecular weight is 321 g/mol. The minimum absolute atomic E-state index is 0.0131. The maximum Gasteiger partial charge on any atom is 0.573 e. The smallest absolute Gasteiger partial charge is 0.467 e. The summed E-state index contributed by atoms with van der Waals surface area (Å²) in [6, 6.07) is 5.35. The van der Waals surface area contributed by atoms with E-state index in [9.17, 15) is 13.2 Å². The highest BCUT2D eigenvalue weighted by Crippen LogP contribution is 2.31. The Kier molecular flexibility index (Phi) is 4.32. The van der Waals surface area contributed by atoms with Crippen molar-refractivity contribution in [3.8, 4) is 11.8 Å². The third-order valence-electron chi connectivity index (χ3n) is 2.13. The van der Waals surface area contributed by atoms with Gasteiger partial charge in [0.05, 0.1) is 12.8 Å². The number of anilines is 2. The Balaban J connectivity index is 2.29. The first-order chi connectivity index (χ1) is 9.87. The molecule has 1 aromatic carbocycles. The van der Waals surface area contributed by atoms with E-state index in [1.807, 2.05) is 0 Å². The van der Waals surface area contributed by atoms with Crippen molar-refractivity contribution in [2.24, 2.45) is 0 Å². The standard InChI is InChI=1S/C11H8ClF3N4O2/c1-20-10-18-8(12)17-9(19-10)16-6-4-2-3-5-7(6)21-11(13,14)15/h2-5H,1H3,(H,16,17,18,19). The van der Waals surface area contributed by atoms with Crippen molar-refractivity contribution in [1.82, 2.24) is 15.0 Å². The number of halogens is 4. The molecule has 0 spiro atoms. The summed E-state index contributed by atoms with van der Waals surface area (Å²) in [7, 11) is 1.32. The van der Waals surface area contributed by atoms with Gasteiger partial charge in [0, 0.05) is 0 Å². The van der Waals surface area contributed by atoms with Crippen LogP contribution in [0.25, 0.3) is 0 Å². The van der Waals surface area contributed by atoms with Crippen molar-refractivity contribution < 1.29 is 22.6 Å². The molecule has 112 valence electrons. The number of aromatic nitrogens is 3. The highest BCUT2D eigenvalue weighted by atomic mass is 35.5. The van der Waals surface area contributed by atoms with Crippen LogP contribution in [0.2, 0.25) is 5.28 Å². The lowest BCUT2D eigenvalue weighted by Crippen LogP contribution is -2.18. The van der Waals surface area contributed by atoms with Gasteiger partial charge in [-0.3, -0.25) is 0 Å². The lowest BCUT2D eigenvalue weighted by molar-refractivity contribution is -0.274. The van der Waals surface area contributed by atoms with Crippen LogP contribution in [0.5, 0.6) is 11.8 Å². The molecule has 0 aliphatic rings. The summed E-state index contributed by atoms with van der Waals surface area (Å²) in [5.41, 5.74) is 0.0131. The Morgan fingerprint density at radius 2 is 1.86 bits per heavy atom. The number of methoxy groups -OCH3 is 1. The van der Waals surface area contributed by atoms with Crippen LogP contribution in [0.3, 0.4) is 0 Å². The number of hydrogen-bond acceptors (Lipinski definition) is 6. The first-order valence-corrected chi connectivity index (χ1v) is 5.82. The molecule has 0 atom stereocenters. The van der Waals surface area contributed by atoms with Crippen LogP contribution >= 0.6 is 11.6 Å². The number of ether oxygens (including phenoxy) is 2. The first kappa shape index (κ1) is 15.1. The molecule has 0 fully saturated rings. The van der Waals surface area contributed by atoms with Crippen LogP contribution < -0.4 is 14.8 Å². The van der Waals surface area contributed by atoms with Crippen molar-refractivity contribution in [2.45, 2.75) is 6.36 Å². The Hall–Kier alpha value is -2.29. The van der Waals surface area contributed by atoms with Crippen LogP contribution in [0.1, 0.15) is 0 Å². The highest BCUT2D eigenvalue weighted by molar-refractivity contribution is 6.28. The van der Waals surface area contributed by atoms with Crippen LogP contribution in [-0.2, 0) is 0 Å². The monoisotopic (exact) mass is 320 g/mol. The molecule has 0 aliphatic carbocycles. The SMILES string of the molecule is COc1nc(Cl)nc(Nc2ccccc2OC(F)(F)F)n1. The topological polar surface area (TPSA) is 69.2 Å². The molecule has 0 saturated heterocycles. The van der Waals surface area contributed by atoms with Gasteiger partial charge in [-0.15, -0.1) is 13.2 Å².